The summed E-state index contributed by atoms with van der Waals surface area (Å²) in [5, 5.41) is 5.52. The van der Waals surface area contributed by atoms with Crippen LogP contribution in [-0.2, 0) is 11.3 Å². The van der Waals surface area contributed by atoms with Crippen LogP contribution in [0.5, 0.6) is 11.5 Å². The lowest BCUT2D eigenvalue weighted by Gasteiger charge is -2.19. The molecule has 2 N–H and O–H groups in total. The standard InChI is InChI=1S/C18H21N3O5/c1-24-15-6-5-13(9-16(15)25-2)21-11-12(8-17(21)22)20-18(23)19-10-14-4-3-7-26-14/h3-7,9,12H,8,10-11H2,1-2H3,(H2,19,20,23)/t12-/m1/s1. The molecule has 1 saturated heterocycles. The lowest BCUT2D eigenvalue weighted by Crippen LogP contribution is -2.43. The highest BCUT2D eigenvalue weighted by Gasteiger charge is 2.32. The Bertz CT molecular complexity index is 775. The number of benzene rings is 1. The highest BCUT2D eigenvalue weighted by Crippen LogP contribution is 2.33. The molecule has 2 heterocycles. The summed E-state index contributed by atoms with van der Waals surface area (Å²) in [6.45, 7) is 0.682. The molecule has 1 atom stereocenters. The maximum Gasteiger partial charge on any atom is 0.315 e. The van der Waals surface area contributed by atoms with Crippen LogP contribution in [-0.4, -0.2) is 38.7 Å². The van der Waals surface area contributed by atoms with Gasteiger partial charge in [0.15, 0.2) is 11.5 Å². The number of anilines is 1. The van der Waals surface area contributed by atoms with E-state index in [2.05, 4.69) is 10.6 Å². The van der Waals surface area contributed by atoms with E-state index in [4.69, 9.17) is 13.9 Å². The molecule has 138 valence electrons. The lowest BCUT2D eigenvalue weighted by atomic mass is 10.2. The van der Waals surface area contributed by atoms with Crippen LogP contribution in [0, 0.1) is 0 Å². The molecule has 26 heavy (non-hydrogen) atoms. The monoisotopic (exact) mass is 359 g/mol. The predicted octanol–water partition coefficient (Wildman–Crippen LogP) is 1.90. The van der Waals surface area contributed by atoms with Crippen LogP contribution in [0.15, 0.2) is 41.0 Å². The van der Waals surface area contributed by atoms with Crippen LogP contribution in [0.2, 0.25) is 0 Å². The Morgan fingerprint density at radius 1 is 1.27 bits per heavy atom. The SMILES string of the molecule is COc1ccc(N2C[C@H](NC(=O)NCc3ccco3)CC2=O)cc1OC. The van der Waals surface area contributed by atoms with E-state index in [0.29, 0.717) is 36.0 Å². The molecule has 1 fully saturated rings. The van der Waals surface area contributed by atoms with E-state index in [1.807, 2.05) is 0 Å². The van der Waals surface area contributed by atoms with Gasteiger partial charge in [0, 0.05) is 24.7 Å². The Hall–Kier alpha value is -3.16. The zero-order valence-corrected chi connectivity index (χ0v) is 14.7. The molecule has 2 aromatic rings. The fourth-order valence-electron chi connectivity index (χ4n) is 2.86. The van der Waals surface area contributed by atoms with Gasteiger partial charge in [-0.1, -0.05) is 0 Å². The molecule has 0 bridgehead atoms. The van der Waals surface area contributed by atoms with Crippen molar-refractivity contribution in [1.29, 1.82) is 0 Å². The van der Waals surface area contributed by atoms with Gasteiger partial charge in [-0.15, -0.1) is 0 Å². The number of amides is 3. The molecule has 0 saturated carbocycles. The van der Waals surface area contributed by atoms with Crippen LogP contribution in [0.25, 0.3) is 0 Å². The predicted molar refractivity (Wildman–Crippen MR) is 94.4 cm³/mol. The normalized spacial score (nSPS) is 16.5. The van der Waals surface area contributed by atoms with Crippen LogP contribution in [0.4, 0.5) is 10.5 Å². The molecule has 1 aromatic carbocycles. The first-order valence-corrected chi connectivity index (χ1v) is 8.20. The number of hydrogen-bond donors (Lipinski definition) is 2. The number of methoxy groups -OCH3 is 2. The van der Waals surface area contributed by atoms with Gasteiger partial charge in [-0.2, -0.15) is 0 Å². The van der Waals surface area contributed by atoms with Gasteiger partial charge in [0.05, 0.1) is 33.1 Å². The molecule has 1 aromatic heterocycles. The number of ether oxygens (including phenoxy) is 2. The number of nitrogens with one attached hydrogen (secondary N) is 2. The van der Waals surface area contributed by atoms with Crippen molar-refractivity contribution in [3.05, 3.63) is 42.4 Å². The summed E-state index contributed by atoms with van der Waals surface area (Å²) >= 11 is 0. The van der Waals surface area contributed by atoms with Gasteiger partial charge in [0.1, 0.15) is 5.76 Å². The largest absolute Gasteiger partial charge is 0.493 e. The van der Waals surface area contributed by atoms with E-state index < -0.39 is 0 Å². The summed E-state index contributed by atoms with van der Waals surface area (Å²) < 4.78 is 15.6. The molecular formula is C18H21N3O5. The van der Waals surface area contributed by atoms with Gasteiger partial charge < -0.3 is 29.4 Å². The van der Waals surface area contributed by atoms with Crippen LogP contribution >= 0.6 is 0 Å². The van der Waals surface area contributed by atoms with Crippen molar-refractivity contribution < 1.29 is 23.5 Å². The summed E-state index contributed by atoms with van der Waals surface area (Å²) in [4.78, 5) is 26.0. The third-order valence-electron chi connectivity index (χ3n) is 4.14. The van der Waals surface area contributed by atoms with Gasteiger partial charge in [-0.3, -0.25) is 4.79 Å². The molecule has 0 radical (unpaired) electrons. The molecule has 0 spiro atoms. The van der Waals surface area contributed by atoms with Crippen molar-refractivity contribution in [1.82, 2.24) is 10.6 Å². The van der Waals surface area contributed by atoms with Crippen LogP contribution < -0.4 is 25.0 Å². The molecule has 1 aliphatic heterocycles. The van der Waals surface area contributed by atoms with E-state index in [0.717, 1.165) is 0 Å². The second-order valence-corrected chi connectivity index (χ2v) is 5.85. The quantitative estimate of drug-likeness (QED) is 0.822. The molecule has 0 aliphatic carbocycles. The van der Waals surface area contributed by atoms with Crippen molar-refractivity contribution >= 4 is 17.6 Å². The summed E-state index contributed by atoms with van der Waals surface area (Å²) in [5.41, 5.74) is 0.702. The Kier molecular flexibility index (Phi) is 5.31. The van der Waals surface area contributed by atoms with E-state index in [9.17, 15) is 9.59 Å². The Balaban J connectivity index is 1.59. The Morgan fingerprint density at radius 2 is 2.08 bits per heavy atom. The highest BCUT2D eigenvalue weighted by molar-refractivity contribution is 5.97. The number of carbonyl (C=O) groups excluding carboxylic acids is 2. The van der Waals surface area contributed by atoms with Gasteiger partial charge >= 0.3 is 6.03 Å². The molecular weight excluding hydrogens is 338 g/mol. The molecule has 3 rings (SSSR count). The van der Waals surface area contributed by atoms with E-state index >= 15 is 0 Å². The smallest absolute Gasteiger partial charge is 0.315 e. The zero-order valence-electron chi connectivity index (χ0n) is 14.7. The van der Waals surface area contributed by atoms with E-state index in [1.165, 1.54) is 0 Å². The first-order valence-electron chi connectivity index (χ1n) is 8.20. The first kappa shape index (κ1) is 17.7. The van der Waals surface area contributed by atoms with Gasteiger partial charge in [-0.05, 0) is 24.3 Å². The number of carbonyl (C=O) groups is 2. The fourth-order valence-corrected chi connectivity index (χ4v) is 2.86. The van der Waals surface area contributed by atoms with E-state index in [1.54, 1.807) is 55.7 Å². The number of rotatable bonds is 6. The van der Waals surface area contributed by atoms with Crippen molar-refractivity contribution in [2.45, 2.75) is 19.0 Å². The number of furan rings is 1. The maximum absolute atomic E-state index is 12.3. The Morgan fingerprint density at radius 3 is 2.77 bits per heavy atom. The average Bonchev–Trinajstić information content (AvgIpc) is 3.29. The summed E-state index contributed by atoms with van der Waals surface area (Å²) in [6.07, 6.45) is 1.79. The number of urea groups is 1. The summed E-state index contributed by atoms with van der Waals surface area (Å²) in [7, 11) is 3.10. The minimum absolute atomic E-state index is 0.0615. The second-order valence-electron chi connectivity index (χ2n) is 5.85. The van der Waals surface area contributed by atoms with Gasteiger partial charge in [0.2, 0.25) is 5.91 Å². The van der Waals surface area contributed by atoms with Crippen LogP contribution in [0.1, 0.15) is 12.2 Å². The third-order valence-corrected chi connectivity index (χ3v) is 4.14. The van der Waals surface area contributed by atoms with Gasteiger partial charge in [0.25, 0.3) is 0 Å². The van der Waals surface area contributed by atoms with Gasteiger partial charge in [-0.25, -0.2) is 4.79 Å². The average molecular weight is 359 g/mol. The Labute approximate surface area is 151 Å². The first-order chi connectivity index (χ1) is 12.6. The topological polar surface area (TPSA) is 93.0 Å². The molecule has 1 aliphatic rings. The number of hydrogen-bond acceptors (Lipinski definition) is 5. The zero-order chi connectivity index (χ0) is 18.5. The van der Waals surface area contributed by atoms with Crippen LogP contribution in [0.3, 0.4) is 0 Å². The molecule has 0 unspecified atom stereocenters. The molecule has 8 nitrogen and oxygen atoms in total. The van der Waals surface area contributed by atoms with Crippen molar-refractivity contribution in [3.8, 4) is 11.5 Å². The van der Waals surface area contributed by atoms with Crippen molar-refractivity contribution in [3.63, 3.8) is 0 Å². The minimum Gasteiger partial charge on any atom is -0.493 e. The number of nitrogens with zero attached hydrogens (tertiary/aromatic N) is 1. The third kappa shape index (κ3) is 3.90. The second kappa shape index (κ2) is 7.81. The highest BCUT2D eigenvalue weighted by atomic mass is 16.5. The van der Waals surface area contributed by atoms with Crippen molar-refractivity contribution in [2.24, 2.45) is 0 Å². The fraction of sp³-hybridized carbons (Fsp3) is 0.333. The molecule has 8 heteroatoms. The summed E-state index contributed by atoms with van der Waals surface area (Å²) in [6, 6.07) is 8.21. The van der Waals surface area contributed by atoms with E-state index in [-0.39, 0.29) is 24.4 Å². The lowest BCUT2D eigenvalue weighted by molar-refractivity contribution is -0.117. The maximum atomic E-state index is 12.3. The van der Waals surface area contributed by atoms with Crippen molar-refractivity contribution in [2.75, 3.05) is 25.7 Å². The molecule has 3 amide bonds. The minimum atomic E-state index is -0.339. The summed E-state index contributed by atoms with van der Waals surface area (Å²) in [5.74, 6) is 1.74.